The average Bonchev–Trinajstić information content (AvgIpc) is 3.38. The minimum Gasteiger partial charge on any atom is -0.370 e. The quantitative estimate of drug-likeness (QED) is 0.213. The van der Waals surface area contributed by atoms with Crippen molar-refractivity contribution in [1.82, 2.24) is 20.3 Å². The molecule has 4 N–H and O–H groups in total. The van der Waals surface area contributed by atoms with Gasteiger partial charge < -0.3 is 21.3 Å². The Morgan fingerprint density at radius 3 is 2.41 bits per heavy atom. The van der Waals surface area contributed by atoms with Gasteiger partial charge in [-0.2, -0.15) is 0 Å². The Bertz CT molecular complexity index is 1440. The second kappa shape index (κ2) is 13.0. The molecular formula is C29H33N7O2S. The number of anilines is 3. The van der Waals surface area contributed by atoms with Gasteiger partial charge >= 0.3 is 0 Å². The number of amides is 2. The summed E-state index contributed by atoms with van der Waals surface area (Å²) >= 11 is 1.46. The van der Waals surface area contributed by atoms with Gasteiger partial charge in [0.1, 0.15) is 0 Å². The molecule has 2 amide bonds. The molecule has 0 aliphatic rings. The molecule has 1 aromatic carbocycles. The summed E-state index contributed by atoms with van der Waals surface area (Å²) in [6.07, 6.45) is 7.25. The van der Waals surface area contributed by atoms with Crippen molar-refractivity contribution in [2.75, 3.05) is 35.6 Å². The fourth-order valence-electron chi connectivity index (χ4n) is 4.22. The van der Waals surface area contributed by atoms with Crippen molar-refractivity contribution in [1.29, 1.82) is 0 Å². The predicted molar refractivity (Wildman–Crippen MR) is 159 cm³/mol. The Hall–Kier alpha value is -4.31. The molecule has 39 heavy (non-hydrogen) atoms. The van der Waals surface area contributed by atoms with Gasteiger partial charge in [-0.1, -0.05) is 32.6 Å². The third kappa shape index (κ3) is 6.97. The number of carbonyl (C=O) groups excluding carboxylic acids is 2. The number of nitrogens with zero attached hydrogens (tertiary/aromatic N) is 4. The summed E-state index contributed by atoms with van der Waals surface area (Å²) < 4.78 is 0.985. The minimum atomic E-state index is -0.252. The first kappa shape index (κ1) is 27.7. The first-order chi connectivity index (χ1) is 18.9. The number of aromatic nitrogens is 3. The monoisotopic (exact) mass is 543 g/mol. The van der Waals surface area contributed by atoms with E-state index in [2.05, 4.69) is 52.0 Å². The molecule has 0 atom stereocenters. The van der Waals surface area contributed by atoms with Gasteiger partial charge in [0.25, 0.3) is 5.91 Å². The van der Waals surface area contributed by atoms with E-state index in [1.807, 2.05) is 30.3 Å². The molecule has 4 rings (SSSR count). The molecule has 0 fully saturated rings. The second-order valence-electron chi connectivity index (χ2n) is 9.06. The Labute approximate surface area is 232 Å². The third-order valence-corrected chi connectivity index (χ3v) is 7.23. The van der Waals surface area contributed by atoms with Gasteiger partial charge in [-0.05, 0) is 55.2 Å². The number of fused-ring (bicyclic) bond motifs is 1. The lowest BCUT2D eigenvalue weighted by Gasteiger charge is -2.25. The maximum absolute atomic E-state index is 13.1. The largest absolute Gasteiger partial charge is 0.370 e. The lowest BCUT2D eigenvalue weighted by molar-refractivity contribution is -0.111. The molecule has 10 heteroatoms. The maximum atomic E-state index is 13.1. The van der Waals surface area contributed by atoms with E-state index in [0.717, 1.165) is 58.7 Å². The summed E-state index contributed by atoms with van der Waals surface area (Å²) in [7, 11) is 0. The molecule has 4 aromatic rings. The fraction of sp³-hybridized carbons (Fsp3) is 0.276. The smallest absolute Gasteiger partial charge is 0.261 e. The van der Waals surface area contributed by atoms with E-state index in [0.29, 0.717) is 23.5 Å². The molecule has 9 nitrogen and oxygen atoms in total. The van der Waals surface area contributed by atoms with Crippen LogP contribution in [0.25, 0.3) is 21.5 Å². The zero-order valence-electron chi connectivity index (χ0n) is 22.2. The van der Waals surface area contributed by atoms with Crippen LogP contribution in [0, 0.1) is 0 Å². The van der Waals surface area contributed by atoms with Gasteiger partial charge in [0.05, 0.1) is 26.5 Å². The summed E-state index contributed by atoms with van der Waals surface area (Å²) in [5.41, 5.74) is 10.8. The van der Waals surface area contributed by atoms with E-state index in [4.69, 9.17) is 10.7 Å². The van der Waals surface area contributed by atoms with Crippen LogP contribution in [0.5, 0.6) is 0 Å². The summed E-state index contributed by atoms with van der Waals surface area (Å²) in [6, 6.07) is 11.4. The zero-order chi connectivity index (χ0) is 27.8. The number of hydrogen-bond donors (Lipinski definition) is 3. The van der Waals surface area contributed by atoms with Gasteiger partial charge in [0.2, 0.25) is 11.9 Å². The highest BCUT2D eigenvalue weighted by atomic mass is 32.1. The first-order valence-electron chi connectivity index (χ1n) is 13.0. The molecule has 3 heterocycles. The van der Waals surface area contributed by atoms with Crippen molar-refractivity contribution < 1.29 is 9.59 Å². The highest BCUT2D eigenvalue weighted by molar-refractivity contribution is 7.21. The van der Waals surface area contributed by atoms with E-state index in [1.165, 1.54) is 17.4 Å². The van der Waals surface area contributed by atoms with E-state index in [9.17, 15) is 9.59 Å². The van der Waals surface area contributed by atoms with Crippen LogP contribution in [0.3, 0.4) is 0 Å². The van der Waals surface area contributed by atoms with Crippen LogP contribution in [0.2, 0.25) is 0 Å². The van der Waals surface area contributed by atoms with Crippen molar-refractivity contribution in [2.24, 2.45) is 0 Å². The number of nitrogens with two attached hydrogens (primary N) is 1. The number of nitrogen functional groups attached to an aromatic ring is 1. The van der Waals surface area contributed by atoms with Crippen molar-refractivity contribution in [2.45, 2.75) is 33.1 Å². The molecule has 202 valence electrons. The van der Waals surface area contributed by atoms with Crippen LogP contribution in [0.4, 0.5) is 17.3 Å². The minimum absolute atomic E-state index is 0.131. The maximum Gasteiger partial charge on any atom is 0.261 e. The summed E-state index contributed by atoms with van der Waals surface area (Å²) in [6.45, 7) is 10.1. The summed E-state index contributed by atoms with van der Waals surface area (Å²) in [5, 5.41) is 5.75. The molecule has 0 saturated carbocycles. The van der Waals surface area contributed by atoms with E-state index in [1.54, 1.807) is 12.4 Å². The fourth-order valence-corrected chi connectivity index (χ4v) is 5.28. The third-order valence-electron chi connectivity index (χ3n) is 6.08. The molecule has 0 spiro atoms. The Morgan fingerprint density at radius 2 is 1.77 bits per heavy atom. The van der Waals surface area contributed by atoms with Crippen molar-refractivity contribution in [3.8, 4) is 11.3 Å². The van der Waals surface area contributed by atoms with Crippen molar-refractivity contribution in [3.05, 3.63) is 71.9 Å². The normalized spacial score (nSPS) is 10.8. The van der Waals surface area contributed by atoms with Crippen LogP contribution in [-0.4, -0.2) is 46.4 Å². The standard InChI is InChI=1S/C29H33N7O2S/c1-4-13-36(14-5-2)24-15-22(20-17-32-29(30)33-18-20)35-23-16-25(39-27(23)24)28(38)31-12-11-19-7-9-21(10-8-19)34-26(37)6-3/h6-10,15-18H,3-5,11-14H2,1-2H3,(H,31,38)(H,34,37)(H2,30,32,33). The van der Waals surface area contributed by atoms with Gasteiger partial charge in [-0.3, -0.25) is 9.59 Å². The number of nitrogens with one attached hydrogen (secondary N) is 2. The van der Waals surface area contributed by atoms with Crippen LogP contribution >= 0.6 is 11.3 Å². The average molecular weight is 544 g/mol. The van der Waals surface area contributed by atoms with Gasteiger partial charge in [0.15, 0.2) is 0 Å². The number of pyridine rings is 1. The molecule has 0 aliphatic heterocycles. The topological polar surface area (TPSA) is 126 Å². The summed E-state index contributed by atoms with van der Waals surface area (Å²) in [4.78, 5) is 40.6. The number of benzene rings is 1. The Morgan fingerprint density at radius 1 is 1.08 bits per heavy atom. The highest BCUT2D eigenvalue weighted by Gasteiger charge is 2.19. The molecule has 0 unspecified atom stereocenters. The van der Waals surface area contributed by atoms with Crippen molar-refractivity contribution >= 4 is 50.7 Å². The Kier molecular flexibility index (Phi) is 9.22. The Balaban J connectivity index is 1.54. The predicted octanol–water partition coefficient (Wildman–Crippen LogP) is 5.06. The molecular weight excluding hydrogens is 510 g/mol. The molecule has 0 saturated heterocycles. The van der Waals surface area contributed by atoms with Gasteiger partial charge in [-0.25, -0.2) is 15.0 Å². The molecule has 0 radical (unpaired) electrons. The molecule has 0 aliphatic carbocycles. The lowest BCUT2D eigenvalue weighted by Crippen LogP contribution is -2.25. The zero-order valence-corrected chi connectivity index (χ0v) is 23.1. The molecule has 0 bridgehead atoms. The number of rotatable bonds is 12. The second-order valence-corrected chi connectivity index (χ2v) is 10.1. The van der Waals surface area contributed by atoms with E-state index in [-0.39, 0.29) is 17.8 Å². The van der Waals surface area contributed by atoms with Crippen LogP contribution in [-0.2, 0) is 11.2 Å². The van der Waals surface area contributed by atoms with Crippen molar-refractivity contribution in [3.63, 3.8) is 0 Å². The number of thiophene rings is 1. The molecule has 3 aromatic heterocycles. The number of hydrogen-bond acceptors (Lipinski definition) is 8. The van der Waals surface area contributed by atoms with Crippen LogP contribution < -0.4 is 21.3 Å². The van der Waals surface area contributed by atoms with E-state index >= 15 is 0 Å². The SMILES string of the molecule is C=CC(=O)Nc1ccc(CCNC(=O)c2cc3nc(-c4cnc(N)nc4)cc(N(CCC)CCC)c3s2)cc1. The lowest BCUT2D eigenvalue weighted by atomic mass is 10.1. The number of carbonyl (C=O) groups is 2. The van der Waals surface area contributed by atoms with E-state index < -0.39 is 0 Å². The first-order valence-corrected chi connectivity index (χ1v) is 13.8. The highest BCUT2D eigenvalue weighted by Crippen LogP contribution is 2.36. The summed E-state index contributed by atoms with van der Waals surface area (Å²) in [5.74, 6) is -0.172. The van der Waals surface area contributed by atoms with Gasteiger partial charge in [0, 0.05) is 43.3 Å². The van der Waals surface area contributed by atoms with Crippen LogP contribution in [0.1, 0.15) is 41.9 Å². The van der Waals surface area contributed by atoms with Gasteiger partial charge in [-0.15, -0.1) is 11.3 Å². The van der Waals surface area contributed by atoms with Crippen LogP contribution in [0.15, 0.2) is 61.4 Å².